The first kappa shape index (κ1) is 8.41. The van der Waals surface area contributed by atoms with Gasteiger partial charge in [-0.25, -0.2) is 0 Å². The summed E-state index contributed by atoms with van der Waals surface area (Å²) < 4.78 is 7.85. The van der Waals surface area contributed by atoms with Gasteiger partial charge in [-0.3, -0.25) is 0 Å². The normalized spacial score (nSPS) is 16.6. The molecule has 0 spiro atoms. The van der Waals surface area contributed by atoms with Crippen LogP contribution in [0.3, 0.4) is 0 Å². The van der Waals surface area contributed by atoms with E-state index in [1.165, 1.54) is 12.0 Å². The fraction of sp³-hybridized carbons (Fsp3) is 0.500. The van der Waals surface area contributed by atoms with Gasteiger partial charge < -0.3 is 0 Å². The molecule has 1 aliphatic carbocycles. The fourth-order valence-corrected chi connectivity index (χ4v) is 4.37. The van der Waals surface area contributed by atoms with Gasteiger partial charge in [0.25, 0.3) is 0 Å². The van der Waals surface area contributed by atoms with Gasteiger partial charge in [0.1, 0.15) is 0 Å². The molecule has 1 aliphatic rings. The number of rotatable bonds is 3. The van der Waals surface area contributed by atoms with Crippen LogP contribution in [-0.2, 0) is 27.6 Å². The van der Waals surface area contributed by atoms with E-state index < -0.39 is 22.9 Å². The zero-order chi connectivity index (χ0) is 7.40. The Hall–Kier alpha value is 0.310. The molecule has 0 saturated carbocycles. The minimum absolute atomic E-state index is 0.528. The molecular formula is C8H12HfO. The molecule has 0 saturated heterocycles. The molecule has 0 aliphatic heterocycles. The number of allylic oxidation sites excluding steroid dienone is 4. The van der Waals surface area contributed by atoms with E-state index >= 15 is 0 Å². The van der Waals surface area contributed by atoms with Crippen molar-refractivity contribution in [1.82, 2.24) is 0 Å². The van der Waals surface area contributed by atoms with Gasteiger partial charge in [0.05, 0.1) is 0 Å². The maximum atomic E-state index is 5.08. The van der Waals surface area contributed by atoms with E-state index in [1.54, 1.807) is 10.4 Å². The number of hydrogen-bond acceptors (Lipinski definition) is 1. The predicted molar refractivity (Wildman–Crippen MR) is 38.3 cm³/mol. The first-order chi connectivity index (χ1) is 4.84. The van der Waals surface area contributed by atoms with Crippen LogP contribution in [0, 0.1) is 0 Å². The molecule has 2 heteroatoms. The Bertz CT molecular complexity index is 170. The van der Waals surface area contributed by atoms with E-state index in [9.17, 15) is 0 Å². The van der Waals surface area contributed by atoms with Crippen molar-refractivity contribution in [3.05, 3.63) is 21.1 Å². The summed E-state index contributed by atoms with van der Waals surface area (Å²) in [5, 5.41) is 0. The van der Waals surface area contributed by atoms with E-state index in [1.807, 2.05) is 0 Å². The molecule has 0 heterocycles. The summed E-state index contributed by atoms with van der Waals surface area (Å²) in [6.45, 7) is 2.21. The second kappa shape index (κ2) is 4.24. The minimum atomic E-state index is -0.528. The average molecular weight is 303 g/mol. The molecule has 10 heavy (non-hydrogen) atoms. The van der Waals surface area contributed by atoms with Crippen molar-refractivity contribution in [2.75, 3.05) is 11.5 Å². The summed E-state index contributed by atoms with van der Waals surface area (Å²) in [7, 11) is 1.80. The monoisotopic (exact) mass is 304 g/mol. The third kappa shape index (κ3) is 2.17. The third-order valence-corrected chi connectivity index (χ3v) is 6.83. The predicted octanol–water partition coefficient (Wildman–Crippen LogP) is 1.91. The Balaban J connectivity index is 2.35. The van der Waals surface area contributed by atoms with Crippen LogP contribution in [0.5, 0.6) is 0 Å². The van der Waals surface area contributed by atoms with E-state index in [0.717, 1.165) is 4.36 Å². The SMILES string of the molecule is CO[CH2][Hf][C]1=C(C)C=CC1. The zero-order valence-electron chi connectivity index (χ0n) is 6.48. The molecule has 0 N–H and O–H groups in total. The Morgan fingerprint density at radius 1 is 1.70 bits per heavy atom. The summed E-state index contributed by atoms with van der Waals surface area (Å²) in [6.07, 6.45) is 5.71. The van der Waals surface area contributed by atoms with Crippen LogP contribution in [0.4, 0.5) is 0 Å². The molecule has 1 nitrogen and oxygen atoms in total. The molecule has 0 bridgehead atoms. The van der Waals surface area contributed by atoms with Gasteiger partial charge in [0, 0.05) is 0 Å². The Labute approximate surface area is 73.5 Å². The third-order valence-electron chi connectivity index (χ3n) is 1.60. The van der Waals surface area contributed by atoms with E-state index in [-0.39, 0.29) is 0 Å². The van der Waals surface area contributed by atoms with Crippen molar-refractivity contribution >= 4 is 0 Å². The second-order valence-corrected chi connectivity index (χ2v) is 6.85. The molecule has 0 unspecified atom stereocenters. The Morgan fingerprint density at radius 2 is 2.50 bits per heavy atom. The van der Waals surface area contributed by atoms with Gasteiger partial charge in [-0.1, -0.05) is 0 Å². The molecular weight excluding hydrogens is 291 g/mol. The first-order valence-corrected chi connectivity index (χ1v) is 7.77. The molecule has 0 radical (unpaired) electrons. The summed E-state index contributed by atoms with van der Waals surface area (Å²) >= 11 is -0.528. The van der Waals surface area contributed by atoms with Crippen molar-refractivity contribution in [3.63, 3.8) is 0 Å². The summed E-state index contributed by atoms with van der Waals surface area (Å²) in [5.41, 5.74) is 1.51. The Morgan fingerprint density at radius 3 is 3.00 bits per heavy atom. The van der Waals surface area contributed by atoms with Crippen LogP contribution in [0.25, 0.3) is 0 Å². The van der Waals surface area contributed by atoms with Gasteiger partial charge in [-0.05, 0) is 0 Å². The van der Waals surface area contributed by atoms with Gasteiger partial charge >= 0.3 is 73.5 Å². The number of ether oxygens (including phenoxy) is 1. The molecule has 0 aromatic rings. The summed E-state index contributed by atoms with van der Waals surface area (Å²) in [4.78, 5) is 0. The molecule has 0 aromatic heterocycles. The van der Waals surface area contributed by atoms with Crippen LogP contribution in [0.1, 0.15) is 13.3 Å². The van der Waals surface area contributed by atoms with Crippen molar-refractivity contribution in [1.29, 1.82) is 0 Å². The van der Waals surface area contributed by atoms with Crippen LogP contribution >= 0.6 is 0 Å². The van der Waals surface area contributed by atoms with Crippen LogP contribution < -0.4 is 0 Å². The summed E-state index contributed by atoms with van der Waals surface area (Å²) in [6, 6.07) is 0. The van der Waals surface area contributed by atoms with Gasteiger partial charge in [0.2, 0.25) is 0 Å². The average Bonchev–Trinajstić information content (AvgIpc) is 2.31. The topological polar surface area (TPSA) is 9.23 Å². The summed E-state index contributed by atoms with van der Waals surface area (Å²) in [5.74, 6) is 0. The first-order valence-electron chi connectivity index (χ1n) is 3.43. The van der Waals surface area contributed by atoms with Crippen LogP contribution in [0.2, 0.25) is 0 Å². The van der Waals surface area contributed by atoms with Crippen LogP contribution in [0.15, 0.2) is 21.1 Å². The zero-order valence-corrected chi connectivity index (χ0v) is 10.1. The maximum absolute atomic E-state index is 5.08. The fourth-order valence-electron chi connectivity index (χ4n) is 0.986. The van der Waals surface area contributed by atoms with Crippen molar-refractivity contribution in [3.8, 4) is 0 Å². The molecule has 0 amide bonds. The molecule has 54 valence electrons. The molecule has 1 rings (SSSR count). The second-order valence-electron chi connectivity index (χ2n) is 2.38. The van der Waals surface area contributed by atoms with Gasteiger partial charge in [-0.15, -0.1) is 0 Å². The van der Waals surface area contributed by atoms with Gasteiger partial charge in [-0.2, -0.15) is 0 Å². The number of hydrogen-bond donors (Lipinski definition) is 0. The van der Waals surface area contributed by atoms with Crippen molar-refractivity contribution < 1.29 is 27.6 Å². The quantitative estimate of drug-likeness (QED) is 0.724. The Kier molecular flexibility index (Phi) is 3.57. The molecule has 0 fully saturated rings. The van der Waals surface area contributed by atoms with E-state index in [2.05, 4.69) is 19.1 Å². The van der Waals surface area contributed by atoms with E-state index in [4.69, 9.17) is 4.74 Å². The molecule has 0 atom stereocenters. The van der Waals surface area contributed by atoms with Crippen molar-refractivity contribution in [2.45, 2.75) is 13.3 Å². The van der Waals surface area contributed by atoms with E-state index in [0.29, 0.717) is 0 Å². The number of methoxy groups -OCH3 is 1. The standard InChI is InChI=1S/C6H7.C2H5O.Hf/c1-6-4-2-3-5-6;1-3-2;/h2,4H,3H2,1H3;1H2,2H3;. The van der Waals surface area contributed by atoms with Crippen molar-refractivity contribution in [2.24, 2.45) is 0 Å². The van der Waals surface area contributed by atoms with Gasteiger partial charge in [0.15, 0.2) is 0 Å². The molecule has 0 aromatic carbocycles. The van der Waals surface area contributed by atoms with Crippen LogP contribution in [-0.4, -0.2) is 11.5 Å².